The lowest BCUT2D eigenvalue weighted by molar-refractivity contribution is -0.122. The van der Waals surface area contributed by atoms with Gasteiger partial charge in [0.15, 0.2) is 5.78 Å². The molecule has 1 aliphatic carbocycles. The molecular weight excluding hydrogens is 224 g/mol. The van der Waals surface area contributed by atoms with Crippen LogP contribution >= 0.6 is 0 Å². The molecular formula is C15H28N2O. The molecule has 2 aliphatic rings. The monoisotopic (exact) mass is 252 g/mol. The van der Waals surface area contributed by atoms with E-state index in [2.05, 4.69) is 17.6 Å². The highest BCUT2D eigenvalue weighted by atomic mass is 16.1. The van der Waals surface area contributed by atoms with Gasteiger partial charge < -0.3 is 10.6 Å². The highest BCUT2D eigenvalue weighted by Crippen LogP contribution is 2.31. The third-order valence-electron chi connectivity index (χ3n) is 4.49. The number of Topliss-reactive ketones (excluding diaryl/α,β-unsaturated/α-hetero) is 1. The summed E-state index contributed by atoms with van der Waals surface area (Å²) >= 11 is 0. The van der Waals surface area contributed by atoms with Crippen molar-refractivity contribution in [1.82, 2.24) is 10.6 Å². The van der Waals surface area contributed by atoms with Gasteiger partial charge in [0.05, 0.1) is 6.04 Å². The van der Waals surface area contributed by atoms with Crippen molar-refractivity contribution in [3.63, 3.8) is 0 Å². The maximum atomic E-state index is 12.3. The quantitative estimate of drug-likeness (QED) is 0.712. The maximum absolute atomic E-state index is 12.3. The van der Waals surface area contributed by atoms with Gasteiger partial charge in [-0.05, 0) is 38.8 Å². The summed E-state index contributed by atoms with van der Waals surface area (Å²) in [5.41, 5.74) is 0. The Morgan fingerprint density at radius 2 is 2.06 bits per heavy atom. The predicted octanol–water partition coefficient (Wildman–Crippen LogP) is 2.26. The summed E-state index contributed by atoms with van der Waals surface area (Å²) in [6.07, 6.45) is 9.60. The Morgan fingerprint density at radius 1 is 1.22 bits per heavy atom. The third-order valence-corrected chi connectivity index (χ3v) is 4.49. The molecule has 2 N–H and O–H groups in total. The number of rotatable bonds is 6. The van der Waals surface area contributed by atoms with Crippen molar-refractivity contribution in [2.24, 2.45) is 5.92 Å². The van der Waals surface area contributed by atoms with Crippen molar-refractivity contribution in [2.75, 3.05) is 13.1 Å². The zero-order chi connectivity index (χ0) is 12.8. The number of fused-ring (bicyclic) bond motifs is 1. The summed E-state index contributed by atoms with van der Waals surface area (Å²) in [5, 5.41) is 6.94. The van der Waals surface area contributed by atoms with Crippen LogP contribution in [0.25, 0.3) is 0 Å². The highest BCUT2D eigenvalue weighted by Gasteiger charge is 2.40. The van der Waals surface area contributed by atoms with E-state index >= 15 is 0 Å². The number of carbonyl (C=O) groups excluding carboxylic acids is 1. The van der Waals surface area contributed by atoms with E-state index in [9.17, 15) is 4.79 Å². The minimum atomic E-state index is 0.166. The summed E-state index contributed by atoms with van der Waals surface area (Å²) in [6, 6.07) is 0.665. The van der Waals surface area contributed by atoms with Crippen LogP contribution in [0.3, 0.4) is 0 Å². The molecule has 3 nitrogen and oxygen atoms in total. The molecule has 0 aromatic heterocycles. The third kappa shape index (κ3) is 3.55. The average molecular weight is 252 g/mol. The molecule has 18 heavy (non-hydrogen) atoms. The molecule has 2 fully saturated rings. The van der Waals surface area contributed by atoms with Crippen LogP contribution in [0.4, 0.5) is 0 Å². The number of nitrogens with one attached hydrogen (secondary N) is 2. The summed E-state index contributed by atoms with van der Waals surface area (Å²) in [6.45, 7) is 4.27. The first-order chi connectivity index (χ1) is 8.83. The van der Waals surface area contributed by atoms with Gasteiger partial charge in [-0.25, -0.2) is 0 Å². The van der Waals surface area contributed by atoms with Gasteiger partial charge in [0.2, 0.25) is 0 Å². The van der Waals surface area contributed by atoms with E-state index in [0.29, 0.717) is 17.7 Å². The first-order valence-electron chi connectivity index (χ1n) is 7.83. The zero-order valence-electron chi connectivity index (χ0n) is 11.7. The minimum absolute atomic E-state index is 0.166. The molecule has 0 bridgehead atoms. The fraction of sp³-hybridized carbons (Fsp3) is 0.933. The van der Waals surface area contributed by atoms with Crippen LogP contribution in [0, 0.1) is 5.92 Å². The topological polar surface area (TPSA) is 41.1 Å². The van der Waals surface area contributed by atoms with Gasteiger partial charge in [0.1, 0.15) is 0 Å². The number of ketones is 1. The van der Waals surface area contributed by atoms with Crippen molar-refractivity contribution < 1.29 is 4.79 Å². The van der Waals surface area contributed by atoms with Crippen molar-refractivity contribution in [3.8, 4) is 0 Å². The van der Waals surface area contributed by atoms with E-state index in [1.54, 1.807) is 0 Å². The number of carbonyl (C=O) groups is 1. The highest BCUT2D eigenvalue weighted by molar-refractivity contribution is 5.89. The number of unbranched alkanes of at least 4 members (excludes halogenated alkanes) is 1. The number of hydrogen-bond donors (Lipinski definition) is 2. The summed E-state index contributed by atoms with van der Waals surface area (Å²) in [4.78, 5) is 12.3. The molecule has 3 atom stereocenters. The summed E-state index contributed by atoms with van der Waals surface area (Å²) < 4.78 is 0. The molecule has 1 saturated heterocycles. The van der Waals surface area contributed by atoms with E-state index in [0.717, 1.165) is 32.4 Å². The SMILES string of the molecule is CCNCCCCC1NC2CCCCCC2C1=O. The van der Waals surface area contributed by atoms with E-state index in [1.807, 2.05) is 0 Å². The van der Waals surface area contributed by atoms with Gasteiger partial charge in [-0.2, -0.15) is 0 Å². The first-order valence-corrected chi connectivity index (χ1v) is 7.83. The van der Waals surface area contributed by atoms with Gasteiger partial charge in [0.25, 0.3) is 0 Å². The second kappa shape index (κ2) is 7.25. The molecule has 0 amide bonds. The molecule has 0 radical (unpaired) electrons. The smallest absolute Gasteiger partial charge is 0.154 e. The fourth-order valence-electron chi connectivity index (χ4n) is 3.45. The molecule has 3 unspecified atom stereocenters. The molecule has 2 rings (SSSR count). The van der Waals surface area contributed by atoms with Crippen LogP contribution in [-0.4, -0.2) is 31.0 Å². The van der Waals surface area contributed by atoms with Crippen molar-refractivity contribution in [1.29, 1.82) is 0 Å². The van der Waals surface area contributed by atoms with Gasteiger partial charge >= 0.3 is 0 Å². The molecule has 0 aromatic rings. The van der Waals surface area contributed by atoms with Gasteiger partial charge in [-0.15, -0.1) is 0 Å². The van der Waals surface area contributed by atoms with Crippen LogP contribution in [0.2, 0.25) is 0 Å². The standard InChI is InChI=1S/C15H28N2O/c1-2-16-11-7-6-10-14-15(18)12-8-4-3-5-9-13(12)17-14/h12-14,16-17H,2-11H2,1H3. The number of hydrogen-bond acceptors (Lipinski definition) is 3. The van der Waals surface area contributed by atoms with Crippen molar-refractivity contribution in [3.05, 3.63) is 0 Å². The maximum Gasteiger partial charge on any atom is 0.154 e. The van der Waals surface area contributed by atoms with Gasteiger partial charge in [0, 0.05) is 12.0 Å². The first kappa shape index (κ1) is 14.0. The Bertz CT molecular complexity index is 267. The molecule has 104 valence electrons. The predicted molar refractivity (Wildman–Crippen MR) is 74.7 cm³/mol. The Labute approximate surface area is 111 Å². The molecule has 1 heterocycles. The van der Waals surface area contributed by atoms with E-state index < -0.39 is 0 Å². The van der Waals surface area contributed by atoms with Crippen LogP contribution in [-0.2, 0) is 4.79 Å². The molecule has 1 saturated carbocycles. The molecule has 0 aromatic carbocycles. The lowest BCUT2D eigenvalue weighted by Gasteiger charge is -2.13. The van der Waals surface area contributed by atoms with Gasteiger partial charge in [-0.3, -0.25) is 4.79 Å². The second-order valence-electron chi connectivity index (χ2n) is 5.82. The zero-order valence-corrected chi connectivity index (χ0v) is 11.7. The Morgan fingerprint density at radius 3 is 2.89 bits per heavy atom. The van der Waals surface area contributed by atoms with Crippen LogP contribution in [0.15, 0.2) is 0 Å². The lowest BCUT2D eigenvalue weighted by atomic mass is 9.92. The fourth-order valence-corrected chi connectivity index (χ4v) is 3.45. The van der Waals surface area contributed by atoms with Crippen LogP contribution in [0.5, 0.6) is 0 Å². The van der Waals surface area contributed by atoms with E-state index in [1.165, 1.54) is 32.1 Å². The van der Waals surface area contributed by atoms with Crippen molar-refractivity contribution >= 4 is 5.78 Å². The lowest BCUT2D eigenvalue weighted by Crippen LogP contribution is -2.32. The van der Waals surface area contributed by atoms with Crippen molar-refractivity contribution in [2.45, 2.75) is 70.4 Å². The van der Waals surface area contributed by atoms with Crippen LogP contribution < -0.4 is 10.6 Å². The Kier molecular flexibility index (Phi) is 5.64. The minimum Gasteiger partial charge on any atom is -0.317 e. The van der Waals surface area contributed by atoms with Crippen LogP contribution in [0.1, 0.15) is 58.3 Å². The van der Waals surface area contributed by atoms with Gasteiger partial charge in [-0.1, -0.05) is 32.6 Å². The average Bonchev–Trinajstić information content (AvgIpc) is 2.57. The normalized spacial score (nSPS) is 32.3. The van der Waals surface area contributed by atoms with E-state index in [-0.39, 0.29) is 6.04 Å². The Hall–Kier alpha value is -0.410. The molecule has 0 spiro atoms. The molecule has 1 aliphatic heterocycles. The molecule has 3 heteroatoms. The summed E-state index contributed by atoms with van der Waals surface area (Å²) in [7, 11) is 0. The summed E-state index contributed by atoms with van der Waals surface area (Å²) in [5.74, 6) is 0.858. The second-order valence-corrected chi connectivity index (χ2v) is 5.82. The largest absolute Gasteiger partial charge is 0.317 e. The Balaban J connectivity index is 1.72. The van der Waals surface area contributed by atoms with E-state index in [4.69, 9.17) is 0 Å².